The molecule has 6 heteroatoms. The molecule has 0 saturated carbocycles. The molecule has 0 aromatic carbocycles. The first kappa shape index (κ1) is 10.5. The molecule has 0 spiro atoms. The van der Waals surface area contributed by atoms with Crippen molar-refractivity contribution < 1.29 is 4.74 Å². The Morgan fingerprint density at radius 3 is 2.69 bits per heavy atom. The first-order chi connectivity index (χ1) is 7.81. The third-order valence-electron chi connectivity index (χ3n) is 2.23. The lowest BCUT2D eigenvalue weighted by Gasteiger charge is -2.06. The summed E-state index contributed by atoms with van der Waals surface area (Å²) in [5, 5.41) is 8.05. The number of hydrogen-bond donors (Lipinski definition) is 0. The number of ether oxygens (including phenoxy) is 1. The first-order valence-corrected chi connectivity index (χ1v) is 5.07. The second-order valence-corrected chi connectivity index (χ2v) is 3.27. The normalized spacial score (nSPS) is 10.4. The zero-order valence-electron chi connectivity index (χ0n) is 9.29. The van der Waals surface area contributed by atoms with E-state index in [2.05, 4.69) is 20.2 Å². The summed E-state index contributed by atoms with van der Waals surface area (Å²) >= 11 is 0. The molecule has 0 atom stereocenters. The third kappa shape index (κ3) is 2.16. The average Bonchev–Trinajstić information content (AvgIpc) is 2.68. The van der Waals surface area contributed by atoms with Crippen LogP contribution in [0.15, 0.2) is 18.7 Å². The minimum atomic E-state index is 0.377. The minimum absolute atomic E-state index is 0.377. The van der Waals surface area contributed by atoms with E-state index in [1.54, 1.807) is 12.4 Å². The van der Waals surface area contributed by atoms with Gasteiger partial charge in [-0.1, -0.05) is 0 Å². The zero-order valence-corrected chi connectivity index (χ0v) is 9.29. The van der Waals surface area contributed by atoms with Crippen LogP contribution in [0.5, 0.6) is 5.75 Å². The van der Waals surface area contributed by atoms with E-state index in [9.17, 15) is 0 Å². The molecular weight excluding hydrogens is 206 g/mol. The predicted molar refractivity (Wildman–Crippen MR) is 56.8 cm³/mol. The van der Waals surface area contributed by atoms with Gasteiger partial charge in [-0.15, -0.1) is 10.2 Å². The van der Waals surface area contributed by atoms with Crippen molar-refractivity contribution in [3.8, 4) is 5.75 Å². The molecule has 0 bridgehead atoms. The lowest BCUT2D eigenvalue weighted by Crippen LogP contribution is -2.07. The zero-order chi connectivity index (χ0) is 11.4. The molecule has 0 radical (unpaired) electrons. The molecule has 84 valence electrons. The van der Waals surface area contributed by atoms with Gasteiger partial charge in [-0.25, -0.2) is 9.97 Å². The number of rotatable bonds is 4. The molecule has 2 rings (SSSR count). The van der Waals surface area contributed by atoms with Gasteiger partial charge >= 0.3 is 0 Å². The van der Waals surface area contributed by atoms with Gasteiger partial charge in [0, 0.05) is 6.54 Å². The standard InChI is InChI=1S/C10H13N5O/c1-3-15-8(2)13-14-10(15)6-16-9-4-11-7-12-5-9/h4-5,7H,3,6H2,1-2H3. The highest BCUT2D eigenvalue weighted by atomic mass is 16.5. The van der Waals surface area contributed by atoms with Crippen molar-refractivity contribution in [2.75, 3.05) is 0 Å². The minimum Gasteiger partial charge on any atom is -0.482 e. The van der Waals surface area contributed by atoms with Crippen molar-refractivity contribution in [3.05, 3.63) is 30.4 Å². The van der Waals surface area contributed by atoms with Crippen molar-refractivity contribution in [2.45, 2.75) is 27.0 Å². The van der Waals surface area contributed by atoms with Crippen LogP contribution in [-0.4, -0.2) is 24.7 Å². The Bertz CT molecular complexity index is 453. The van der Waals surface area contributed by atoms with Gasteiger partial charge in [0.15, 0.2) is 11.6 Å². The van der Waals surface area contributed by atoms with E-state index in [1.807, 2.05) is 18.4 Å². The van der Waals surface area contributed by atoms with Crippen LogP contribution in [-0.2, 0) is 13.2 Å². The molecule has 6 nitrogen and oxygen atoms in total. The maximum absolute atomic E-state index is 5.50. The summed E-state index contributed by atoms with van der Waals surface area (Å²) in [5.41, 5.74) is 0. The maximum Gasteiger partial charge on any atom is 0.171 e. The summed E-state index contributed by atoms with van der Waals surface area (Å²) in [4.78, 5) is 7.73. The molecule has 0 aliphatic rings. The number of aromatic nitrogens is 5. The Morgan fingerprint density at radius 2 is 2.00 bits per heavy atom. The lowest BCUT2D eigenvalue weighted by molar-refractivity contribution is 0.286. The fourth-order valence-corrected chi connectivity index (χ4v) is 1.45. The molecular formula is C10H13N5O. The highest BCUT2D eigenvalue weighted by Crippen LogP contribution is 2.08. The van der Waals surface area contributed by atoms with Crippen LogP contribution in [0, 0.1) is 6.92 Å². The molecule has 0 unspecified atom stereocenters. The van der Waals surface area contributed by atoms with Crippen molar-refractivity contribution in [1.29, 1.82) is 0 Å². The van der Waals surface area contributed by atoms with E-state index >= 15 is 0 Å². The van der Waals surface area contributed by atoms with Gasteiger partial charge in [-0.05, 0) is 13.8 Å². The quantitative estimate of drug-likeness (QED) is 0.766. The summed E-state index contributed by atoms with van der Waals surface area (Å²) in [6.07, 6.45) is 4.70. The van der Waals surface area contributed by atoms with Crippen molar-refractivity contribution in [2.24, 2.45) is 0 Å². The van der Waals surface area contributed by atoms with E-state index in [1.165, 1.54) is 6.33 Å². The largest absolute Gasteiger partial charge is 0.482 e. The van der Waals surface area contributed by atoms with Crippen LogP contribution >= 0.6 is 0 Å². The highest BCUT2D eigenvalue weighted by molar-refractivity contribution is 5.10. The van der Waals surface area contributed by atoms with Gasteiger partial charge in [0.1, 0.15) is 18.8 Å². The summed E-state index contributed by atoms with van der Waals surface area (Å²) < 4.78 is 7.50. The highest BCUT2D eigenvalue weighted by Gasteiger charge is 2.07. The average molecular weight is 219 g/mol. The van der Waals surface area contributed by atoms with Gasteiger partial charge in [-0.3, -0.25) is 0 Å². The molecule has 0 N–H and O–H groups in total. The Hall–Kier alpha value is -1.98. The van der Waals surface area contributed by atoms with Crippen LogP contribution in [0.3, 0.4) is 0 Å². The predicted octanol–water partition coefficient (Wildman–Crippen LogP) is 0.975. The first-order valence-electron chi connectivity index (χ1n) is 5.07. The summed E-state index contributed by atoms with van der Waals surface area (Å²) in [6, 6.07) is 0. The van der Waals surface area contributed by atoms with Gasteiger partial charge in [0.25, 0.3) is 0 Å². The molecule has 0 aliphatic carbocycles. The van der Waals surface area contributed by atoms with Crippen LogP contribution in [0.25, 0.3) is 0 Å². The van der Waals surface area contributed by atoms with Gasteiger partial charge in [0.05, 0.1) is 12.4 Å². The van der Waals surface area contributed by atoms with E-state index in [0.29, 0.717) is 12.4 Å². The van der Waals surface area contributed by atoms with E-state index in [4.69, 9.17) is 4.74 Å². The summed E-state index contributed by atoms with van der Waals surface area (Å²) in [5.74, 6) is 2.33. The van der Waals surface area contributed by atoms with Crippen LogP contribution in [0.4, 0.5) is 0 Å². The smallest absolute Gasteiger partial charge is 0.171 e. The second-order valence-electron chi connectivity index (χ2n) is 3.27. The topological polar surface area (TPSA) is 65.7 Å². The maximum atomic E-state index is 5.50. The van der Waals surface area contributed by atoms with Crippen LogP contribution < -0.4 is 4.74 Å². The Kier molecular flexibility index (Phi) is 3.09. The summed E-state index contributed by atoms with van der Waals surface area (Å²) in [7, 11) is 0. The van der Waals surface area contributed by atoms with Crippen molar-refractivity contribution in [1.82, 2.24) is 24.7 Å². The molecule has 2 aromatic heterocycles. The van der Waals surface area contributed by atoms with Gasteiger partial charge in [-0.2, -0.15) is 0 Å². The molecule has 0 saturated heterocycles. The van der Waals surface area contributed by atoms with E-state index in [0.717, 1.165) is 18.2 Å². The Morgan fingerprint density at radius 1 is 1.25 bits per heavy atom. The van der Waals surface area contributed by atoms with Crippen LogP contribution in [0.2, 0.25) is 0 Å². The van der Waals surface area contributed by atoms with E-state index < -0.39 is 0 Å². The molecule has 0 amide bonds. The lowest BCUT2D eigenvalue weighted by atomic mass is 10.5. The molecule has 0 aliphatic heterocycles. The summed E-state index contributed by atoms with van der Waals surface area (Å²) in [6.45, 7) is 5.18. The van der Waals surface area contributed by atoms with Crippen molar-refractivity contribution >= 4 is 0 Å². The molecule has 2 aromatic rings. The third-order valence-corrected chi connectivity index (χ3v) is 2.23. The Labute approximate surface area is 93.3 Å². The van der Waals surface area contributed by atoms with Gasteiger partial charge in [0.2, 0.25) is 0 Å². The fraction of sp³-hybridized carbons (Fsp3) is 0.400. The molecule has 16 heavy (non-hydrogen) atoms. The van der Waals surface area contributed by atoms with Crippen LogP contribution in [0.1, 0.15) is 18.6 Å². The SMILES string of the molecule is CCn1c(C)nnc1COc1cncnc1. The van der Waals surface area contributed by atoms with Crippen molar-refractivity contribution in [3.63, 3.8) is 0 Å². The number of nitrogens with zero attached hydrogens (tertiary/aromatic N) is 5. The fourth-order valence-electron chi connectivity index (χ4n) is 1.45. The van der Waals surface area contributed by atoms with E-state index in [-0.39, 0.29) is 0 Å². The Balaban J connectivity index is 2.05. The van der Waals surface area contributed by atoms with Gasteiger partial charge < -0.3 is 9.30 Å². The number of hydrogen-bond acceptors (Lipinski definition) is 5. The monoisotopic (exact) mass is 219 g/mol. The molecule has 2 heterocycles. The second kappa shape index (κ2) is 4.69. The molecule has 0 fully saturated rings. The number of aryl methyl sites for hydroxylation is 1.